The van der Waals surface area contributed by atoms with E-state index in [4.69, 9.17) is 4.42 Å². The highest BCUT2D eigenvalue weighted by atomic mass is 79.9. The number of carbonyl (C=O) groups is 1. The second kappa shape index (κ2) is 6.81. The van der Waals surface area contributed by atoms with Gasteiger partial charge in [0.25, 0.3) is 5.91 Å². The minimum absolute atomic E-state index is 0.153. The molecule has 0 bridgehead atoms. The van der Waals surface area contributed by atoms with Crippen LogP contribution in [0.5, 0.6) is 0 Å². The Kier molecular flexibility index (Phi) is 4.60. The summed E-state index contributed by atoms with van der Waals surface area (Å²) in [5, 5.41) is 3.32. The Morgan fingerprint density at radius 2 is 2.09 bits per heavy atom. The fourth-order valence-corrected chi connectivity index (χ4v) is 2.92. The van der Waals surface area contributed by atoms with Crippen molar-refractivity contribution >= 4 is 50.5 Å². The van der Waals surface area contributed by atoms with Crippen LogP contribution in [-0.2, 0) is 4.79 Å². The summed E-state index contributed by atoms with van der Waals surface area (Å²) in [5.41, 5.74) is 0.776. The molecule has 3 rings (SSSR count). The summed E-state index contributed by atoms with van der Waals surface area (Å²) in [6.07, 6.45) is 6.92. The van der Waals surface area contributed by atoms with Crippen LogP contribution in [0.2, 0.25) is 0 Å². The first-order valence-corrected chi connectivity index (χ1v) is 8.07. The van der Waals surface area contributed by atoms with Crippen LogP contribution in [0.1, 0.15) is 5.76 Å². The fourth-order valence-electron chi connectivity index (χ4n) is 1.76. The number of benzene rings is 1. The van der Waals surface area contributed by atoms with Gasteiger partial charge in [0.2, 0.25) is 0 Å². The summed E-state index contributed by atoms with van der Waals surface area (Å²) in [4.78, 5) is 16.9. The molecule has 1 aliphatic rings. The van der Waals surface area contributed by atoms with Gasteiger partial charge in [0.1, 0.15) is 5.76 Å². The van der Waals surface area contributed by atoms with Gasteiger partial charge in [0.15, 0.2) is 5.17 Å². The third-order valence-corrected chi connectivity index (χ3v) is 4.38. The van der Waals surface area contributed by atoms with Crippen molar-refractivity contribution in [3.63, 3.8) is 0 Å². The fraction of sp³-hybridized carbons (Fsp3) is 0. The average Bonchev–Trinajstić information content (AvgIpc) is 3.12. The van der Waals surface area contributed by atoms with Gasteiger partial charge in [-0.15, -0.1) is 0 Å². The third kappa shape index (κ3) is 3.58. The maximum absolute atomic E-state index is 11.9. The zero-order valence-electron chi connectivity index (χ0n) is 11.3. The summed E-state index contributed by atoms with van der Waals surface area (Å²) in [5.74, 6) is 0.585. The van der Waals surface area contributed by atoms with E-state index in [2.05, 4.69) is 26.2 Å². The van der Waals surface area contributed by atoms with Crippen LogP contribution in [0.15, 0.2) is 73.6 Å². The molecule has 0 saturated carbocycles. The van der Waals surface area contributed by atoms with Gasteiger partial charge in [-0.05, 0) is 64.1 Å². The van der Waals surface area contributed by atoms with Crippen molar-refractivity contribution in [2.24, 2.45) is 4.99 Å². The summed E-state index contributed by atoms with van der Waals surface area (Å²) in [6.45, 7) is 0. The molecule has 22 heavy (non-hydrogen) atoms. The standard InChI is InChI=1S/C16H11BrN2O2S/c17-12-7-1-2-8-13(12)18-16-19-15(20)14(22-16)9-3-5-11-6-4-10-21-11/h1-10H,(H,18,19,20)/b5-3+,14-9-. The van der Waals surface area contributed by atoms with Crippen LogP contribution in [0.3, 0.4) is 0 Å². The Morgan fingerprint density at radius 1 is 1.23 bits per heavy atom. The second-order valence-electron chi connectivity index (χ2n) is 4.33. The number of para-hydroxylation sites is 1. The number of thioether (sulfide) groups is 1. The first-order valence-electron chi connectivity index (χ1n) is 6.47. The quantitative estimate of drug-likeness (QED) is 0.805. The molecule has 0 unspecified atom stereocenters. The van der Waals surface area contributed by atoms with Gasteiger partial charge in [-0.1, -0.05) is 18.2 Å². The van der Waals surface area contributed by atoms with Gasteiger partial charge in [0, 0.05) is 4.47 Å². The number of allylic oxidation sites excluding steroid dienone is 2. The van der Waals surface area contributed by atoms with Crippen LogP contribution < -0.4 is 5.32 Å². The molecule has 2 aromatic rings. The zero-order chi connectivity index (χ0) is 15.4. The van der Waals surface area contributed by atoms with Crippen LogP contribution >= 0.6 is 27.7 Å². The van der Waals surface area contributed by atoms with Crippen LogP contribution in [0, 0.1) is 0 Å². The third-order valence-electron chi connectivity index (χ3n) is 2.78. The molecule has 1 aliphatic heterocycles. The van der Waals surface area contributed by atoms with E-state index in [1.165, 1.54) is 11.8 Å². The summed E-state index contributed by atoms with van der Waals surface area (Å²) >= 11 is 4.74. The number of hydrogen-bond acceptors (Lipinski definition) is 4. The Balaban J connectivity index is 1.74. The molecule has 0 aliphatic carbocycles. The van der Waals surface area contributed by atoms with E-state index in [1.807, 2.05) is 36.4 Å². The molecule has 110 valence electrons. The van der Waals surface area contributed by atoms with Crippen LogP contribution in [-0.4, -0.2) is 11.1 Å². The predicted molar refractivity (Wildman–Crippen MR) is 92.8 cm³/mol. The van der Waals surface area contributed by atoms with Crippen LogP contribution in [0.25, 0.3) is 6.08 Å². The number of nitrogens with one attached hydrogen (secondary N) is 1. The number of furan rings is 1. The molecule has 1 aromatic heterocycles. The molecule has 2 heterocycles. The van der Waals surface area contributed by atoms with Crippen molar-refractivity contribution < 1.29 is 9.21 Å². The summed E-state index contributed by atoms with van der Waals surface area (Å²) < 4.78 is 6.07. The molecular weight excluding hydrogens is 364 g/mol. The normalized spacial score (nSPS) is 18.5. The Hall–Kier alpha value is -2.05. The lowest BCUT2D eigenvalue weighted by Gasteiger charge is -1.98. The van der Waals surface area contributed by atoms with Gasteiger partial charge in [0.05, 0.1) is 16.9 Å². The number of rotatable bonds is 3. The number of carbonyl (C=O) groups excluding carboxylic acids is 1. The molecule has 0 atom stereocenters. The van der Waals surface area contributed by atoms with E-state index in [1.54, 1.807) is 24.5 Å². The lowest BCUT2D eigenvalue weighted by atomic mass is 10.3. The van der Waals surface area contributed by atoms with Crippen LogP contribution in [0.4, 0.5) is 5.69 Å². The molecule has 0 radical (unpaired) electrons. The highest BCUT2D eigenvalue weighted by Crippen LogP contribution is 2.29. The predicted octanol–water partition coefficient (Wildman–Crippen LogP) is 4.49. The highest BCUT2D eigenvalue weighted by molar-refractivity contribution is 9.10. The van der Waals surface area contributed by atoms with Crippen molar-refractivity contribution in [1.29, 1.82) is 0 Å². The number of aliphatic imine (C=N–C) groups is 1. The molecule has 4 nitrogen and oxygen atoms in total. The van der Waals surface area contributed by atoms with Crippen molar-refractivity contribution in [3.8, 4) is 0 Å². The SMILES string of the molecule is O=C1NC(=Nc2ccccc2Br)S/C1=C\C=C\c1ccco1. The number of amidine groups is 1. The molecule has 6 heteroatoms. The molecule has 1 N–H and O–H groups in total. The van der Waals surface area contributed by atoms with E-state index in [0.717, 1.165) is 15.9 Å². The Labute approximate surface area is 140 Å². The van der Waals surface area contributed by atoms with Gasteiger partial charge < -0.3 is 9.73 Å². The molecule has 0 spiro atoms. The average molecular weight is 375 g/mol. The molecule has 1 fully saturated rings. The molecule has 1 saturated heterocycles. The highest BCUT2D eigenvalue weighted by Gasteiger charge is 2.23. The Morgan fingerprint density at radius 3 is 2.86 bits per heavy atom. The number of amides is 1. The first-order chi connectivity index (χ1) is 10.7. The van der Waals surface area contributed by atoms with E-state index >= 15 is 0 Å². The maximum Gasteiger partial charge on any atom is 0.264 e. The van der Waals surface area contributed by atoms with Gasteiger partial charge in [-0.2, -0.15) is 0 Å². The van der Waals surface area contributed by atoms with Gasteiger partial charge in [-0.3, -0.25) is 4.79 Å². The van der Waals surface area contributed by atoms with Crippen molar-refractivity contribution in [1.82, 2.24) is 5.32 Å². The van der Waals surface area contributed by atoms with Gasteiger partial charge >= 0.3 is 0 Å². The lowest BCUT2D eigenvalue weighted by molar-refractivity contribution is -0.115. The van der Waals surface area contributed by atoms with Crippen molar-refractivity contribution in [2.45, 2.75) is 0 Å². The van der Waals surface area contributed by atoms with E-state index in [-0.39, 0.29) is 5.91 Å². The van der Waals surface area contributed by atoms with E-state index in [9.17, 15) is 4.79 Å². The molecular formula is C16H11BrN2O2S. The molecule has 1 aromatic carbocycles. The number of halogens is 1. The summed E-state index contributed by atoms with van der Waals surface area (Å²) in [7, 11) is 0. The largest absolute Gasteiger partial charge is 0.465 e. The van der Waals surface area contributed by atoms with Gasteiger partial charge in [-0.25, -0.2) is 4.99 Å². The minimum Gasteiger partial charge on any atom is -0.465 e. The molecule has 1 amide bonds. The smallest absolute Gasteiger partial charge is 0.264 e. The van der Waals surface area contributed by atoms with Crippen molar-refractivity contribution in [3.05, 3.63) is 70.0 Å². The first kappa shape index (κ1) is 14.9. The lowest BCUT2D eigenvalue weighted by Crippen LogP contribution is -2.19. The number of nitrogens with zero attached hydrogens (tertiary/aromatic N) is 1. The minimum atomic E-state index is -0.153. The van der Waals surface area contributed by atoms with E-state index < -0.39 is 0 Å². The Bertz CT molecular complexity index is 779. The summed E-state index contributed by atoms with van der Waals surface area (Å²) in [6, 6.07) is 11.3. The van der Waals surface area contributed by atoms with E-state index in [0.29, 0.717) is 10.1 Å². The van der Waals surface area contributed by atoms with Crippen molar-refractivity contribution in [2.75, 3.05) is 0 Å². The number of hydrogen-bond donors (Lipinski definition) is 1. The maximum atomic E-state index is 11.9. The monoisotopic (exact) mass is 374 g/mol. The second-order valence-corrected chi connectivity index (χ2v) is 6.21. The zero-order valence-corrected chi connectivity index (χ0v) is 13.7. The topological polar surface area (TPSA) is 54.6 Å².